The van der Waals surface area contributed by atoms with Crippen LogP contribution in [0.3, 0.4) is 0 Å². The Kier molecular flexibility index (Phi) is 7.09. The summed E-state index contributed by atoms with van der Waals surface area (Å²) in [5.41, 5.74) is -0.120. The molecule has 0 bridgehead atoms. The highest BCUT2D eigenvalue weighted by molar-refractivity contribution is 4.79. The van der Waals surface area contributed by atoms with Gasteiger partial charge in [0.15, 0.2) is 0 Å². The summed E-state index contributed by atoms with van der Waals surface area (Å²) < 4.78 is 5.88. The Balaban J connectivity index is 2.00. The van der Waals surface area contributed by atoms with Gasteiger partial charge < -0.3 is 15.2 Å². The van der Waals surface area contributed by atoms with E-state index in [-0.39, 0.29) is 12.1 Å². The van der Waals surface area contributed by atoms with Crippen LogP contribution in [0.25, 0.3) is 0 Å². The standard InChI is InChI=1S/C14H29NO2/c1-14(12-16,15-2)10-6-7-11-17-13-8-4-3-5-9-13/h13,15-16H,3-12H2,1-2H3. The van der Waals surface area contributed by atoms with E-state index >= 15 is 0 Å². The van der Waals surface area contributed by atoms with Crippen molar-refractivity contribution in [1.82, 2.24) is 5.32 Å². The second-order valence-corrected chi connectivity index (χ2v) is 5.56. The molecular formula is C14H29NO2. The van der Waals surface area contributed by atoms with Crippen molar-refractivity contribution in [3.63, 3.8) is 0 Å². The number of rotatable bonds is 8. The molecule has 3 nitrogen and oxygen atoms in total. The van der Waals surface area contributed by atoms with E-state index < -0.39 is 0 Å². The molecule has 0 aromatic rings. The molecule has 1 fully saturated rings. The summed E-state index contributed by atoms with van der Waals surface area (Å²) in [6, 6.07) is 0. The molecule has 3 heteroatoms. The average molecular weight is 243 g/mol. The number of hydrogen-bond acceptors (Lipinski definition) is 3. The zero-order chi connectivity index (χ0) is 12.6. The molecule has 1 aliphatic rings. The van der Waals surface area contributed by atoms with Crippen molar-refractivity contribution in [1.29, 1.82) is 0 Å². The number of hydrogen-bond donors (Lipinski definition) is 2. The molecule has 17 heavy (non-hydrogen) atoms. The Morgan fingerprint density at radius 3 is 2.53 bits per heavy atom. The van der Waals surface area contributed by atoms with Crippen molar-refractivity contribution in [3.05, 3.63) is 0 Å². The zero-order valence-electron chi connectivity index (χ0n) is 11.5. The maximum absolute atomic E-state index is 9.25. The summed E-state index contributed by atoms with van der Waals surface area (Å²) >= 11 is 0. The van der Waals surface area contributed by atoms with Crippen LogP contribution in [0.1, 0.15) is 58.3 Å². The van der Waals surface area contributed by atoms with Crippen molar-refractivity contribution >= 4 is 0 Å². The molecule has 2 N–H and O–H groups in total. The Morgan fingerprint density at radius 1 is 1.24 bits per heavy atom. The topological polar surface area (TPSA) is 41.5 Å². The Hall–Kier alpha value is -0.120. The van der Waals surface area contributed by atoms with Crippen LogP contribution in [0.2, 0.25) is 0 Å². The SMILES string of the molecule is CNC(C)(CO)CCCCOC1CCCCC1. The van der Waals surface area contributed by atoms with Gasteiger partial charge in [0.25, 0.3) is 0 Å². The van der Waals surface area contributed by atoms with Crippen molar-refractivity contribution in [2.24, 2.45) is 0 Å². The molecule has 1 aliphatic carbocycles. The number of unbranched alkanes of at least 4 members (excludes halogenated alkanes) is 1. The second kappa shape index (κ2) is 8.06. The van der Waals surface area contributed by atoms with Crippen molar-refractivity contribution in [2.75, 3.05) is 20.3 Å². The predicted molar refractivity (Wildman–Crippen MR) is 71.2 cm³/mol. The lowest BCUT2D eigenvalue weighted by Gasteiger charge is -2.27. The summed E-state index contributed by atoms with van der Waals surface area (Å²) in [6.07, 6.45) is 10.3. The first kappa shape index (κ1) is 14.9. The summed E-state index contributed by atoms with van der Waals surface area (Å²) in [4.78, 5) is 0. The van der Waals surface area contributed by atoms with Gasteiger partial charge in [-0.2, -0.15) is 0 Å². The molecule has 1 saturated carbocycles. The van der Waals surface area contributed by atoms with Gasteiger partial charge in [0.05, 0.1) is 12.7 Å². The van der Waals surface area contributed by atoms with Crippen molar-refractivity contribution in [2.45, 2.75) is 69.9 Å². The normalized spacial score (nSPS) is 21.4. The Morgan fingerprint density at radius 2 is 1.94 bits per heavy atom. The third-order valence-corrected chi connectivity index (χ3v) is 3.98. The molecule has 0 aliphatic heterocycles. The highest BCUT2D eigenvalue weighted by Crippen LogP contribution is 2.20. The zero-order valence-corrected chi connectivity index (χ0v) is 11.5. The summed E-state index contributed by atoms with van der Waals surface area (Å²) in [5, 5.41) is 12.4. The third-order valence-electron chi connectivity index (χ3n) is 3.98. The van der Waals surface area contributed by atoms with E-state index in [9.17, 15) is 5.11 Å². The average Bonchev–Trinajstić information content (AvgIpc) is 2.39. The molecule has 0 heterocycles. The quantitative estimate of drug-likeness (QED) is 0.644. The number of likely N-dealkylation sites (N-methyl/N-ethyl adjacent to an activating group) is 1. The molecule has 0 radical (unpaired) electrons. The minimum Gasteiger partial charge on any atom is -0.394 e. The van der Waals surface area contributed by atoms with Crippen molar-refractivity contribution in [3.8, 4) is 0 Å². The lowest BCUT2D eigenvalue weighted by atomic mass is 9.96. The molecule has 0 saturated heterocycles. The van der Waals surface area contributed by atoms with Gasteiger partial charge in [-0.05, 0) is 46.1 Å². The molecule has 1 atom stereocenters. The van der Waals surface area contributed by atoms with Gasteiger partial charge in [-0.1, -0.05) is 19.3 Å². The Bertz CT molecular complexity index is 187. The number of nitrogens with one attached hydrogen (secondary N) is 1. The van der Waals surface area contributed by atoms with E-state index in [4.69, 9.17) is 4.74 Å². The van der Waals surface area contributed by atoms with E-state index in [1.54, 1.807) is 0 Å². The molecule has 1 rings (SSSR count). The number of ether oxygens (including phenoxy) is 1. The molecule has 0 aromatic heterocycles. The fourth-order valence-electron chi connectivity index (χ4n) is 2.38. The molecule has 0 spiro atoms. The van der Waals surface area contributed by atoms with E-state index in [0.29, 0.717) is 6.10 Å². The maximum Gasteiger partial charge on any atom is 0.0610 e. The van der Waals surface area contributed by atoms with E-state index in [1.165, 1.54) is 32.1 Å². The fraction of sp³-hybridized carbons (Fsp3) is 1.00. The van der Waals surface area contributed by atoms with Crippen LogP contribution in [0.15, 0.2) is 0 Å². The summed E-state index contributed by atoms with van der Waals surface area (Å²) in [7, 11) is 1.91. The van der Waals surface area contributed by atoms with Gasteiger partial charge in [-0.3, -0.25) is 0 Å². The van der Waals surface area contributed by atoms with Crippen molar-refractivity contribution < 1.29 is 9.84 Å². The van der Waals surface area contributed by atoms with Crippen LogP contribution in [-0.2, 0) is 4.74 Å². The molecular weight excluding hydrogens is 214 g/mol. The predicted octanol–water partition coefficient (Wildman–Crippen LogP) is 2.48. The van der Waals surface area contributed by atoms with E-state index in [0.717, 1.165) is 25.9 Å². The molecule has 0 aromatic carbocycles. The van der Waals surface area contributed by atoms with Gasteiger partial charge in [-0.25, -0.2) is 0 Å². The monoisotopic (exact) mass is 243 g/mol. The van der Waals surface area contributed by atoms with E-state index in [1.807, 2.05) is 7.05 Å². The largest absolute Gasteiger partial charge is 0.394 e. The van der Waals surface area contributed by atoms with Crippen LogP contribution in [0.4, 0.5) is 0 Å². The number of aliphatic hydroxyl groups excluding tert-OH is 1. The first-order valence-corrected chi connectivity index (χ1v) is 7.11. The highest BCUT2D eigenvalue weighted by Gasteiger charge is 2.19. The Labute approximate surface area is 106 Å². The minimum absolute atomic E-state index is 0.120. The van der Waals surface area contributed by atoms with Crippen LogP contribution >= 0.6 is 0 Å². The van der Waals surface area contributed by atoms with Crippen LogP contribution in [-0.4, -0.2) is 37.0 Å². The second-order valence-electron chi connectivity index (χ2n) is 5.56. The van der Waals surface area contributed by atoms with Gasteiger partial charge in [0.1, 0.15) is 0 Å². The first-order chi connectivity index (χ1) is 8.20. The van der Waals surface area contributed by atoms with Gasteiger partial charge in [0.2, 0.25) is 0 Å². The van der Waals surface area contributed by atoms with Crippen LogP contribution in [0, 0.1) is 0 Å². The summed E-state index contributed by atoms with van der Waals surface area (Å²) in [5.74, 6) is 0. The molecule has 102 valence electrons. The summed E-state index contributed by atoms with van der Waals surface area (Å²) in [6.45, 7) is 3.15. The van der Waals surface area contributed by atoms with Gasteiger partial charge in [0, 0.05) is 12.1 Å². The van der Waals surface area contributed by atoms with Crippen LogP contribution in [0.5, 0.6) is 0 Å². The van der Waals surface area contributed by atoms with E-state index in [2.05, 4.69) is 12.2 Å². The number of aliphatic hydroxyl groups is 1. The van der Waals surface area contributed by atoms with Gasteiger partial charge >= 0.3 is 0 Å². The smallest absolute Gasteiger partial charge is 0.0610 e. The van der Waals surface area contributed by atoms with Gasteiger partial charge in [-0.15, -0.1) is 0 Å². The lowest BCUT2D eigenvalue weighted by molar-refractivity contribution is 0.0252. The maximum atomic E-state index is 9.25. The third kappa shape index (κ3) is 5.84. The lowest BCUT2D eigenvalue weighted by Crippen LogP contribution is -2.43. The highest BCUT2D eigenvalue weighted by atomic mass is 16.5. The molecule has 0 amide bonds. The molecule has 1 unspecified atom stereocenters. The first-order valence-electron chi connectivity index (χ1n) is 7.11. The van der Waals surface area contributed by atoms with Crippen LogP contribution < -0.4 is 5.32 Å². The fourth-order valence-corrected chi connectivity index (χ4v) is 2.38. The minimum atomic E-state index is -0.120.